The summed E-state index contributed by atoms with van der Waals surface area (Å²) in [6.45, 7) is 35.1. The van der Waals surface area contributed by atoms with E-state index in [2.05, 4.69) is 392 Å². The van der Waals surface area contributed by atoms with Crippen molar-refractivity contribution in [3.63, 3.8) is 0 Å². The predicted octanol–water partition coefficient (Wildman–Crippen LogP) is 25.3. The van der Waals surface area contributed by atoms with Gasteiger partial charge in [-0.15, -0.1) is 0 Å². The lowest BCUT2D eigenvalue weighted by Crippen LogP contribution is -2.60. The van der Waals surface area contributed by atoms with Crippen molar-refractivity contribution in [1.82, 2.24) is 4.57 Å². The van der Waals surface area contributed by atoms with Crippen LogP contribution in [-0.2, 0) is 27.1 Å². The van der Waals surface area contributed by atoms with Crippen LogP contribution in [0.1, 0.15) is 132 Å². The fourth-order valence-corrected chi connectivity index (χ4v) is 16.0. The molecule has 14 aromatic rings. The van der Waals surface area contributed by atoms with Crippen LogP contribution < -0.4 is 21.3 Å². The minimum absolute atomic E-state index is 0.102. The molecule has 1 aromatic heterocycles. The first-order valence-corrected chi connectivity index (χ1v) is 36.4. The molecule has 0 spiro atoms. The lowest BCUT2D eigenvalue weighted by molar-refractivity contribution is 0.568. The van der Waals surface area contributed by atoms with Gasteiger partial charge in [-0.25, -0.2) is 0 Å². The van der Waals surface area contributed by atoms with Gasteiger partial charge < -0.3 is 9.47 Å². The van der Waals surface area contributed by atoms with Crippen LogP contribution in [0.5, 0.6) is 0 Å². The van der Waals surface area contributed by atoms with E-state index >= 15 is 0 Å². The van der Waals surface area contributed by atoms with Crippen LogP contribution in [0.15, 0.2) is 279 Å². The molecule has 496 valence electrons. The third-order valence-corrected chi connectivity index (χ3v) is 21.7. The minimum atomic E-state index is -0.259. The van der Waals surface area contributed by atoms with Crippen LogP contribution in [0.3, 0.4) is 0 Å². The van der Waals surface area contributed by atoms with Gasteiger partial charge in [0.1, 0.15) is 0 Å². The third-order valence-electron chi connectivity index (χ3n) is 21.7. The Morgan fingerprint density at radius 3 is 1.13 bits per heavy atom. The Bertz CT molecular complexity index is 5590. The Kier molecular flexibility index (Phi) is 15.6. The monoisotopic (exact) mass is 1310 g/mol. The predicted molar refractivity (Wildman–Crippen MR) is 439 cm³/mol. The smallest absolute Gasteiger partial charge is 0.252 e. The van der Waals surface area contributed by atoms with Crippen molar-refractivity contribution in [3.05, 3.63) is 307 Å². The maximum absolute atomic E-state index is 2.74. The van der Waals surface area contributed by atoms with Crippen LogP contribution in [0.2, 0.25) is 0 Å². The zero-order chi connectivity index (χ0) is 70.2. The number of nitrogens with zero attached hydrogens (tertiary/aromatic N) is 2. The van der Waals surface area contributed by atoms with E-state index in [4.69, 9.17) is 0 Å². The van der Waals surface area contributed by atoms with E-state index < -0.39 is 0 Å². The molecule has 13 aromatic carbocycles. The number of rotatable bonds is 7. The van der Waals surface area contributed by atoms with Crippen molar-refractivity contribution in [2.45, 2.75) is 131 Å². The molecule has 2 aliphatic heterocycles. The highest BCUT2D eigenvalue weighted by atomic mass is 15.2. The molecule has 0 saturated heterocycles. The van der Waals surface area contributed by atoms with Gasteiger partial charge in [0, 0.05) is 44.5 Å². The highest BCUT2D eigenvalue weighted by Gasteiger charge is 2.44. The lowest BCUT2D eigenvalue weighted by atomic mass is 9.33. The summed E-state index contributed by atoms with van der Waals surface area (Å²) in [4.78, 5) is 2.74. The Morgan fingerprint density at radius 2 is 0.614 bits per heavy atom. The van der Waals surface area contributed by atoms with Gasteiger partial charge in [-0.1, -0.05) is 340 Å². The molecule has 0 saturated carbocycles. The van der Waals surface area contributed by atoms with E-state index in [1.165, 1.54) is 115 Å². The van der Waals surface area contributed by atoms with Gasteiger partial charge in [0.2, 0.25) is 0 Å². The molecule has 0 unspecified atom stereocenters. The van der Waals surface area contributed by atoms with Crippen LogP contribution in [0, 0.1) is 0 Å². The quantitative estimate of drug-likeness (QED) is 0.144. The first-order valence-electron chi connectivity index (χ1n) is 36.4. The molecule has 0 aliphatic carbocycles. The maximum Gasteiger partial charge on any atom is 0.252 e. The molecule has 3 heterocycles. The average molecular weight is 1310 g/mol. The van der Waals surface area contributed by atoms with E-state index in [0.29, 0.717) is 0 Å². The molecule has 2 aliphatic rings. The molecule has 0 bridgehead atoms. The summed E-state index contributed by atoms with van der Waals surface area (Å²) in [5.41, 5.74) is 30.9. The molecule has 0 radical (unpaired) electrons. The van der Waals surface area contributed by atoms with Gasteiger partial charge in [0.05, 0.1) is 11.2 Å². The van der Waals surface area contributed by atoms with E-state index in [9.17, 15) is 0 Å². The molecule has 0 N–H and O–H groups in total. The fourth-order valence-electron chi connectivity index (χ4n) is 16.0. The number of aromatic nitrogens is 1. The van der Waals surface area contributed by atoms with Crippen LogP contribution in [0.4, 0.5) is 17.1 Å². The normalized spacial score (nSPS) is 13.1. The highest BCUT2D eigenvalue weighted by Crippen LogP contribution is 2.53. The second kappa shape index (κ2) is 24.1. The average Bonchev–Trinajstić information content (AvgIpc) is 1.63. The standard InChI is InChI=1S/C98H91BN2/c1-94(2,3)72-39-31-38-65(48-72)71-58-89-91-90(59-71)101(92-82(63-34-21-17-22-35-63)53-69(62-32-19-16-20-33-62)54-83(92)64-36-23-18-24-37-64)88-57-66(67-49-73(95(4,5)6)60-74(50-67)96(7,8)9)46-47-85(88)99(91)86-56-70(68-51-75(97(10,11)12)61-76(52-68)98(13,14)15)55-84-80-43-28-26-41-78(80)77-40-25-27-42-79(77)81-44-29-30-45-87(81)100(89)93(84)86/h16-61H,1-15H3. The van der Waals surface area contributed by atoms with Crippen LogP contribution in [-0.4, -0.2) is 11.3 Å². The minimum Gasteiger partial charge on any atom is -0.310 e. The van der Waals surface area contributed by atoms with Gasteiger partial charge in [0.25, 0.3) is 6.71 Å². The van der Waals surface area contributed by atoms with Crippen molar-refractivity contribution < 1.29 is 0 Å². The van der Waals surface area contributed by atoms with Gasteiger partial charge >= 0.3 is 0 Å². The SMILES string of the molecule is CC(C)(C)c1cccc(-c2cc3c4c(c2)-n2c5ccccc5c5ccccc5c5ccccc5c5cc(-c6cc(C(C)(C)C)cc(C(C)(C)C)c6)cc(c52)B4c2ccc(-c4cc(C(C)(C)C)cc(C(C)(C)C)c4)cc2N3c2c(-c3ccccc3)cc(-c3ccccc3)cc2-c2ccccc2)c1. The van der Waals surface area contributed by atoms with E-state index in [-0.39, 0.29) is 33.8 Å². The lowest BCUT2D eigenvalue weighted by Gasteiger charge is -2.43. The number of hydrogen-bond acceptors (Lipinski definition) is 1. The number of fused-ring (bicyclic) bond motifs is 11. The Labute approximate surface area is 599 Å². The Morgan fingerprint density at radius 1 is 0.238 bits per heavy atom. The first kappa shape index (κ1) is 65.2. The zero-order valence-corrected chi connectivity index (χ0v) is 61.5. The fraction of sp³-hybridized carbons (Fsp3) is 0.204. The number of anilines is 3. The second-order valence-electron chi connectivity index (χ2n) is 33.8. The second-order valence-corrected chi connectivity index (χ2v) is 33.8. The van der Waals surface area contributed by atoms with Crippen molar-refractivity contribution >= 4 is 83.5 Å². The Hall–Kier alpha value is -10.5. The molecule has 101 heavy (non-hydrogen) atoms. The highest BCUT2D eigenvalue weighted by molar-refractivity contribution is 7.00. The van der Waals surface area contributed by atoms with Gasteiger partial charge in [-0.2, -0.15) is 0 Å². The van der Waals surface area contributed by atoms with Gasteiger partial charge in [-0.05, 0) is 191 Å². The summed E-state index contributed by atoms with van der Waals surface area (Å²) in [6, 6.07) is 108. The number of para-hydroxylation sites is 1. The van der Waals surface area contributed by atoms with E-state index in [0.717, 1.165) is 61.6 Å². The van der Waals surface area contributed by atoms with E-state index in [1.54, 1.807) is 0 Å². The van der Waals surface area contributed by atoms with Crippen molar-refractivity contribution in [2.24, 2.45) is 0 Å². The number of hydrogen-bond donors (Lipinski definition) is 0. The first-order chi connectivity index (χ1) is 48.2. The molecule has 0 fully saturated rings. The summed E-state index contributed by atoms with van der Waals surface area (Å²) in [5.74, 6) is 0. The molecule has 2 nitrogen and oxygen atoms in total. The zero-order valence-electron chi connectivity index (χ0n) is 61.5. The Balaban J connectivity index is 1.17. The van der Waals surface area contributed by atoms with Crippen LogP contribution in [0.25, 0.3) is 116 Å². The molecular formula is C98H91BN2. The summed E-state index contributed by atoms with van der Waals surface area (Å²) in [6.07, 6.45) is 0. The van der Waals surface area contributed by atoms with Gasteiger partial charge in [-0.3, -0.25) is 0 Å². The maximum atomic E-state index is 2.74. The van der Waals surface area contributed by atoms with Crippen LogP contribution >= 0.6 is 0 Å². The van der Waals surface area contributed by atoms with Crippen molar-refractivity contribution in [3.8, 4) is 72.4 Å². The summed E-state index contributed by atoms with van der Waals surface area (Å²) in [7, 11) is 0. The molecular weight excluding hydrogens is 1220 g/mol. The largest absolute Gasteiger partial charge is 0.310 e. The summed E-state index contributed by atoms with van der Waals surface area (Å²) < 4.78 is 2.72. The summed E-state index contributed by atoms with van der Waals surface area (Å²) >= 11 is 0. The third kappa shape index (κ3) is 11.6. The van der Waals surface area contributed by atoms with E-state index in [1.807, 2.05) is 0 Å². The molecule has 0 atom stereocenters. The molecule has 16 rings (SSSR count). The topological polar surface area (TPSA) is 8.17 Å². The van der Waals surface area contributed by atoms with Crippen molar-refractivity contribution in [1.29, 1.82) is 0 Å². The molecule has 3 heteroatoms. The van der Waals surface area contributed by atoms with Crippen molar-refractivity contribution in [2.75, 3.05) is 4.90 Å². The van der Waals surface area contributed by atoms with Gasteiger partial charge in [0.15, 0.2) is 0 Å². The number of benzene rings is 13. The summed E-state index contributed by atoms with van der Waals surface area (Å²) in [5, 5.41) is 7.21. The molecule has 0 amide bonds.